The molecule has 166 valence electrons. The number of amides is 1. The van der Waals surface area contributed by atoms with Crippen LogP contribution < -0.4 is 0 Å². The summed E-state index contributed by atoms with van der Waals surface area (Å²) in [5, 5.41) is 0. The maximum absolute atomic E-state index is 13.5. The molecule has 0 unspecified atom stereocenters. The Morgan fingerprint density at radius 2 is 1.94 bits per heavy atom. The van der Waals surface area contributed by atoms with Crippen LogP contribution in [-0.4, -0.2) is 66.3 Å². The number of hydrogen-bond donors (Lipinski definition) is 0. The molecule has 1 aromatic heterocycles. The smallest absolute Gasteiger partial charge is 0.257 e. The Labute approximate surface area is 181 Å². The number of carbonyl (C=O) groups is 1. The first-order valence-electron chi connectivity index (χ1n) is 10.3. The van der Waals surface area contributed by atoms with Crippen molar-refractivity contribution >= 4 is 15.9 Å². The molecule has 4 rings (SSSR count). The number of hydrogen-bond acceptors (Lipinski definition) is 6. The van der Waals surface area contributed by atoms with Crippen molar-refractivity contribution in [1.29, 1.82) is 0 Å². The van der Waals surface area contributed by atoms with Gasteiger partial charge in [-0.25, -0.2) is 22.8 Å². The van der Waals surface area contributed by atoms with Crippen LogP contribution in [0.5, 0.6) is 0 Å². The van der Waals surface area contributed by atoms with Gasteiger partial charge in [0, 0.05) is 25.8 Å². The van der Waals surface area contributed by atoms with Crippen LogP contribution in [0.2, 0.25) is 0 Å². The molecule has 1 atom stereocenters. The molecule has 0 bridgehead atoms. The Morgan fingerprint density at radius 3 is 2.65 bits per heavy atom. The molecule has 0 radical (unpaired) electrons. The van der Waals surface area contributed by atoms with E-state index in [0.717, 1.165) is 6.07 Å². The number of morpholine rings is 1. The van der Waals surface area contributed by atoms with Crippen molar-refractivity contribution in [3.63, 3.8) is 0 Å². The van der Waals surface area contributed by atoms with Gasteiger partial charge in [-0.1, -0.05) is 0 Å². The molecule has 3 heterocycles. The highest BCUT2D eigenvalue weighted by Crippen LogP contribution is 2.38. The predicted molar refractivity (Wildman–Crippen MR) is 110 cm³/mol. The fourth-order valence-corrected chi connectivity index (χ4v) is 6.04. The lowest BCUT2D eigenvalue weighted by molar-refractivity contribution is 0.0300. The van der Waals surface area contributed by atoms with Gasteiger partial charge in [0.2, 0.25) is 10.0 Å². The van der Waals surface area contributed by atoms with E-state index in [2.05, 4.69) is 9.97 Å². The second-order valence-corrected chi connectivity index (χ2v) is 9.66. The maximum Gasteiger partial charge on any atom is 0.257 e. The highest BCUT2D eigenvalue weighted by molar-refractivity contribution is 7.89. The number of carbonyl (C=O) groups excluding carboxylic acids is 1. The van der Waals surface area contributed by atoms with Gasteiger partial charge < -0.3 is 9.64 Å². The maximum atomic E-state index is 13.5. The Hall–Kier alpha value is -2.43. The summed E-state index contributed by atoms with van der Waals surface area (Å²) in [7, 11) is -3.90. The largest absolute Gasteiger partial charge is 0.378 e. The van der Waals surface area contributed by atoms with E-state index in [0.29, 0.717) is 68.3 Å². The average Bonchev–Trinajstić information content (AvgIpc) is 3.24. The zero-order valence-electron chi connectivity index (χ0n) is 17.5. The third kappa shape index (κ3) is 4.19. The Kier molecular flexibility index (Phi) is 6.05. The third-order valence-electron chi connectivity index (χ3n) is 5.71. The van der Waals surface area contributed by atoms with Crippen LogP contribution in [0, 0.1) is 19.7 Å². The summed E-state index contributed by atoms with van der Waals surface area (Å²) in [5.41, 5.74) is 1.08. The van der Waals surface area contributed by atoms with Gasteiger partial charge in [-0.15, -0.1) is 0 Å². The van der Waals surface area contributed by atoms with Gasteiger partial charge in [0.05, 0.1) is 35.4 Å². The highest BCUT2D eigenvalue weighted by atomic mass is 32.2. The van der Waals surface area contributed by atoms with E-state index in [1.165, 1.54) is 22.6 Å². The third-order valence-corrected chi connectivity index (χ3v) is 7.78. The van der Waals surface area contributed by atoms with Crippen molar-refractivity contribution in [2.75, 3.05) is 32.8 Å². The minimum atomic E-state index is -3.90. The van der Waals surface area contributed by atoms with E-state index in [1.807, 2.05) is 0 Å². The number of benzene rings is 1. The number of aromatic nitrogens is 2. The molecule has 8 nitrogen and oxygen atoms in total. The fraction of sp³-hybridized carbons (Fsp3) is 0.476. The SMILES string of the molecule is Cc1ncc(C(=O)N2CCOCC2)c([C@@H]2CCCN2S(=O)(=O)c2ccc(F)cc2C)n1. The lowest BCUT2D eigenvalue weighted by Crippen LogP contribution is -2.42. The zero-order valence-corrected chi connectivity index (χ0v) is 18.4. The second-order valence-electron chi connectivity index (χ2n) is 7.80. The molecular weight excluding hydrogens is 423 g/mol. The minimum Gasteiger partial charge on any atom is -0.378 e. The summed E-state index contributed by atoms with van der Waals surface area (Å²) >= 11 is 0. The number of sulfonamides is 1. The van der Waals surface area contributed by atoms with Crippen LogP contribution in [0.3, 0.4) is 0 Å². The lowest BCUT2D eigenvalue weighted by Gasteiger charge is -2.29. The quantitative estimate of drug-likeness (QED) is 0.712. The first kappa shape index (κ1) is 21.8. The summed E-state index contributed by atoms with van der Waals surface area (Å²) in [6.45, 7) is 5.44. The molecule has 0 N–H and O–H groups in total. The Balaban J connectivity index is 1.73. The second kappa shape index (κ2) is 8.60. The number of ether oxygens (including phenoxy) is 1. The number of nitrogens with zero attached hydrogens (tertiary/aromatic N) is 4. The molecule has 2 saturated heterocycles. The molecule has 2 aliphatic rings. The number of halogens is 1. The van der Waals surface area contributed by atoms with Crippen molar-refractivity contribution in [3.05, 3.63) is 52.9 Å². The van der Waals surface area contributed by atoms with E-state index in [4.69, 9.17) is 4.74 Å². The molecule has 0 saturated carbocycles. The van der Waals surface area contributed by atoms with Crippen LogP contribution in [0.25, 0.3) is 0 Å². The van der Waals surface area contributed by atoms with Gasteiger partial charge in [0.15, 0.2) is 0 Å². The molecule has 1 aromatic carbocycles. The highest BCUT2D eigenvalue weighted by Gasteiger charge is 2.40. The van der Waals surface area contributed by atoms with Gasteiger partial charge in [0.25, 0.3) is 5.91 Å². The summed E-state index contributed by atoms with van der Waals surface area (Å²) in [6.07, 6.45) is 2.67. The van der Waals surface area contributed by atoms with E-state index in [1.54, 1.807) is 18.7 Å². The summed E-state index contributed by atoms with van der Waals surface area (Å²) in [6, 6.07) is 3.06. The predicted octanol–water partition coefficient (Wildman–Crippen LogP) is 2.23. The van der Waals surface area contributed by atoms with Crippen LogP contribution in [0.15, 0.2) is 29.3 Å². The number of rotatable bonds is 4. The van der Waals surface area contributed by atoms with Crippen LogP contribution in [-0.2, 0) is 14.8 Å². The average molecular weight is 449 g/mol. The van der Waals surface area contributed by atoms with Gasteiger partial charge in [-0.2, -0.15) is 4.31 Å². The zero-order chi connectivity index (χ0) is 22.2. The van der Waals surface area contributed by atoms with Crippen molar-refractivity contribution in [1.82, 2.24) is 19.2 Å². The van der Waals surface area contributed by atoms with Crippen molar-refractivity contribution in [2.24, 2.45) is 0 Å². The molecule has 2 aliphatic heterocycles. The minimum absolute atomic E-state index is 0.0626. The van der Waals surface area contributed by atoms with Gasteiger partial charge in [-0.05, 0) is 50.5 Å². The molecular formula is C21H25FN4O4S. The molecule has 1 amide bonds. The standard InChI is InChI=1S/C21H25FN4O4S/c1-14-12-16(22)5-6-19(14)31(28,29)26-7-3-4-18(26)20-17(13-23-15(2)24-20)21(27)25-8-10-30-11-9-25/h5-6,12-13,18H,3-4,7-11H2,1-2H3/t18-/m0/s1. The topological polar surface area (TPSA) is 92.7 Å². The van der Waals surface area contributed by atoms with Crippen molar-refractivity contribution in [2.45, 2.75) is 37.6 Å². The Morgan fingerprint density at radius 1 is 1.19 bits per heavy atom. The van der Waals surface area contributed by atoms with E-state index < -0.39 is 21.9 Å². The fourth-order valence-electron chi connectivity index (χ4n) is 4.17. The summed E-state index contributed by atoms with van der Waals surface area (Å²) < 4.78 is 47.2. The van der Waals surface area contributed by atoms with Gasteiger partial charge in [-0.3, -0.25) is 4.79 Å². The van der Waals surface area contributed by atoms with Crippen LogP contribution in [0.1, 0.15) is 46.3 Å². The molecule has 0 aliphatic carbocycles. The monoisotopic (exact) mass is 448 g/mol. The van der Waals surface area contributed by atoms with E-state index >= 15 is 0 Å². The lowest BCUT2D eigenvalue weighted by atomic mass is 10.1. The van der Waals surface area contributed by atoms with Gasteiger partial charge in [0.1, 0.15) is 11.6 Å². The van der Waals surface area contributed by atoms with Gasteiger partial charge >= 0.3 is 0 Å². The first-order valence-corrected chi connectivity index (χ1v) is 11.7. The normalized spacial score (nSPS) is 20.2. The molecule has 31 heavy (non-hydrogen) atoms. The number of aryl methyl sites for hydroxylation is 2. The van der Waals surface area contributed by atoms with Crippen molar-refractivity contribution in [3.8, 4) is 0 Å². The Bertz CT molecular complexity index is 1100. The molecule has 2 aromatic rings. The van der Waals surface area contributed by atoms with Crippen molar-refractivity contribution < 1.29 is 22.3 Å². The molecule has 0 spiro atoms. The first-order chi connectivity index (χ1) is 14.8. The van der Waals surface area contributed by atoms with E-state index in [-0.39, 0.29) is 10.8 Å². The summed E-state index contributed by atoms with van der Waals surface area (Å²) in [5.74, 6) is -0.240. The van der Waals surface area contributed by atoms with Crippen LogP contribution in [0.4, 0.5) is 4.39 Å². The molecule has 10 heteroatoms. The van der Waals surface area contributed by atoms with Crippen LogP contribution >= 0.6 is 0 Å². The van der Waals surface area contributed by atoms with E-state index in [9.17, 15) is 17.6 Å². The summed E-state index contributed by atoms with van der Waals surface area (Å²) in [4.78, 5) is 23.6. The molecule has 2 fully saturated rings.